The molecule has 1 aliphatic carbocycles. The molecule has 0 spiro atoms. The van der Waals surface area contributed by atoms with Gasteiger partial charge in [0.15, 0.2) is 0 Å². The smallest absolute Gasteiger partial charge is 0.321 e. The molecule has 0 aromatic heterocycles. The van der Waals surface area contributed by atoms with Crippen molar-refractivity contribution in [1.82, 2.24) is 15.5 Å². The highest BCUT2D eigenvalue weighted by molar-refractivity contribution is 5.95. The molecule has 1 fully saturated rings. The Hall–Kier alpha value is -1.10. The fourth-order valence-electron chi connectivity index (χ4n) is 2.90. The summed E-state index contributed by atoms with van der Waals surface area (Å²) >= 11 is 0. The van der Waals surface area contributed by atoms with Crippen molar-refractivity contribution >= 4 is 11.9 Å². The van der Waals surface area contributed by atoms with Crippen LogP contribution in [0.25, 0.3) is 0 Å². The van der Waals surface area contributed by atoms with Gasteiger partial charge in [0.05, 0.1) is 6.54 Å². The van der Waals surface area contributed by atoms with Gasteiger partial charge in [-0.2, -0.15) is 0 Å². The molecule has 5 heteroatoms. The molecule has 2 N–H and O–H groups in total. The maximum Gasteiger partial charge on any atom is 0.321 e. The summed E-state index contributed by atoms with van der Waals surface area (Å²) in [4.78, 5) is 26.0. The van der Waals surface area contributed by atoms with Gasteiger partial charge in [-0.25, -0.2) is 4.79 Å². The molecule has 1 saturated carbocycles. The van der Waals surface area contributed by atoms with E-state index in [1.54, 1.807) is 0 Å². The van der Waals surface area contributed by atoms with Gasteiger partial charge in [0.2, 0.25) is 5.91 Å². The molecule has 0 radical (unpaired) electrons. The van der Waals surface area contributed by atoms with E-state index >= 15 is 0 Å². The molecule has 22 heavy (non-hydrogen) atoms. The Morgan fingerprint density at radius 1 is 1.14 bits per heavy atom. The average Bonchev–Trinajstić information content (AvgIpc) is 2.47. The van der Waals surface area contributed by atoms with E-state index in [1.807, 2.05) is 0 Å². The normalized spacial score (nSPS) is 16.0. The Kier molecular flexibility index (Phi) is 9.13. The Balaban J connectivity index is 2.30. The first-order chi connectivity index (χ1) is 10.5. The minimum atomic E-state index is -0.339. The second-order valence-electron chi connectivity index (χ2n) is 6.63. The number of carbonyl (C=O) groups is 2. The average molecular weight is 311 g/mol. The zero-order valence-electron chi connectivity index (χ0n) is 14.5. The predicted molar refractivity (Wildman–Crippen MR) is 89.8 cm³/mol. The third-order valence-corrected chi connectivity index (χ3v) is 4.32. The van der Waals surface area contributed by atoms with E-state index in [4.69, 9.17) is 0 Å². The van der Waals surface area contributed by atoms with E-state index in [0.717, 1.165) is 38.6 Å². The molecule has 0 heterocycles. The highest BCUT2D eigenvalue weighted by Gasteiger charge is 2.19. The van der Waals surface area contributed by atoms with Gasteiger partial charge in [0, 0.05) is 12.1 Å². The fraction of sp³-hybridized carbons (Fsp3) is 0.882. The number of nitrogens with one attached hydrogen (secondary N) is 2. The van der Waals surface area contributed by atoms with Crippen molar-refractivity contribution in [3.05, 3.63) is 0 Å². The summed E-state index contributed by atoms with van der Waals surface area (Å²) in [5.74, 6) is -0.210. The van der Waals surface area contributed by atoms with Crippen molar-refractivity contribution in [3.8, 4) is 0 Å². The number of hydrogen-bond acceptors (Lipinski definition) is 3. The minimum Gasteiger partial charge on any atom is -0.335 e. The lowest BCUT2D eigenvalue weighted by atomic mass is 9.96. The van der Waals surface area contributed by atoms with Crippen LogP contribution in [0, 0.1) is 0 Å². The summed E-state index contributed by atoms with van der Waals surface area (Å²) < 4.78 is 0. The molecular formula is C17H33N3O2. The molecule has 0 aromatic carbocycles. The van der Waals surface area contributed by atoms with E-state index in [0.29, 0.717) is 12.6 Å². The number of urea groups is 1. The largest absolute Gasteiger partial charge is 0.335 e. The van der Waals surface area contributed by atoms with Crippen LogP contribution in [-0.4, -0.2) is 42.0 Å². The lowest BCUT2D eigenvalue weighted by molar-refractivity contribution is -0.121. The third kappa shape index (κ3) is 7.78. The zero-order valence-corrected chi connectivity index (χ0v) is 14.5. The number of carbonyl (C=O) groups excluding carboxylic acids is 2. The molecule has 3 amide bonds. The van der Waals surface area contributed by atoms with E-state index < -0.39 is 0 Å². The van der Waals surface area contributed by atoms with Crippen LogP contribution < -0.4 is 10.6 Å². The summed E-state index contributed by atoms with van der Waals surface area (Å²) in [6.07, 6.45) is 9.06. The number of imide groups is 1. The van der Waals surface area contributed by atoms with Crippen molar-refractivity contribution in [2.24, 2.45) is 0 Å². The second-order valence-corrected chi connectivity index (χ2v) is 6.63. The van der Waals surface area contributed by atoms with E-state index in [-0.39, 0.29) is 18.0 Å². The van der Waals surface area contributed by atoms with Crippen molar-refractivity contribution in [2.75, 3.05) is 13.1 Å². The Bertz CT molecular complexity index is 339. The first-order valence-electron chi connectivity index (χ1n) is 8.87. The Morgan fingerprint density at radius 3 is 2.41 bits per heavy atom. The molecule has 0 saturated heterocycles. The summed E-state index contributed by atoms with van der Waals surface area (Å²) in [5.41, 5.74) is 0. The first-order valence-corrected chi connectivity index (χ1v) is 8.87. The van der Waals surface area contributed by atoms with Gasteiger partial charge in [0.1, 0.15) is 0 Å². The highest BCUT2D eigenvalue weighted by Crippen LogP contribution is 2.17. The van der Waals surface area contributed by atoms with Crippen LogP contribution in [0.3, 0.4) is 0 Å². The van der Waals surface area contributed by atoms with Gasteiger partial charge in [-0.3, -0.25) is 15.0 Å². The van der Waals surface area contributed by atoms with Crippen LogP contribution in [0.15, 0.2) is 0 Å². The van der Waals surface area contributed by atoms with Gasteiger partial charge in [-0.1, -0.05) is 39.0 Å². The third-order valence-electron chi connectivity index (χ3n) is 4.32. The van der Waals surface area contributed by atoms with Gasteiger partial charge in [-0.05, 0) is 39.7 Å². The predicted octanol–water partition coefficient (Wildman–Crippen LogP) is 3.05. The zero-order chi connectivity index (χ0) is 16.4. The molecule has 0 bridgehead atoms. The molecule has 0 aliphatic heterocycles. The monoisotopic (exact) mass is 311 g/mol. The summed E-state index contributed by atoms with van der Waals surface area (Å²) in [6.45, 7) is 7.54. The fourth-order valence-corrected chi connectivity index (χ4v) is 2.90. The van der Waals surface area contributed by atoms with E-state index in [9.17, 15) is 9.59 Å². The van der Waals surface area contributed by atoms with Crippen LogP contribution in [-0.2, 0) is 4.79 Å². The van der Waals surface area contributed by atoms with Crippen LogP contribution in [0.2, 0.25) is 0 Å². The summed E-state index contributed by atoms with van der Waals surface area (Å²) in [6, 6.07) is 0.200. The van der Waals surface area contributed by atoms with Crippen LogP contribution in [0.4, 0.5) is 4.79 Å². The molecule has 5 nitrogen and oxygen atoms in total. The minimum absolute atomic E-state index is 0.210. The number of nitrogens with zero attached hydrogens (tertiary/aromatic N) is 1. The van der Waals surface area contributed by atoms with Crippen LogP contribution in [0.5, 0.6) is 0 Å². The Morgan fingerprint density at radius 2 is 1.82 bits per heavy atom. The lowest BCUT2D eigenvalue weighted by Gasteiger charge is -2.26. The molecule has 0 atom stereocenters. The van der Waals surface area contributed by atoms with Crippen molar-refractivity contribution in [3.63, 3.8) is 0 Å². The van der Waals surface area contributed by atoms with Crippen LogP contribution >= 0.6 is 0 Å². The molecule has 1 aliphatic rings. The lowest BCUT2D eigenvalue weighted by Crippen LogP contribution is -2.49. The summed E-state index contributed by atoms with van der Waals surface area (Å²) in [5, 5.41) is 5.39. The van der Waals surface area contributed by atoms with E-state index in [2.05, 4.69) is 36.3 Å². The van der Waals surface area contributed by atoms with Crippen molar-refractivity contribution < 1.29 is 9.59 Å². The highest BCUT2D eigenvalue weighted by atomic mass is 16.2. The van der Waals surface area contributed by atoms with Gasteiger partial charge < -0.3 is 5.32 Å². The van der Waals surface area contributed by atoms with E-state index in [1.165, 1.54) is 19.3 Å². The summed E-state index contributed by atoms with van der Waals surface area (Å²) in [7, 11) is 0. The molecule has 0 unspecified atom stereocenters. The Labute approximate surface area is 135 Å². The van der Waals surface area contributed by atoms with Gasteiger partial charge >= 0.3 is 6.03 Å². The number of hydrogen-bond donors (Lipinski definition) is 2. The maximum atomic E-state index is 12.0. The SMILES string of the molecule is CCCCCN(CC(=O)NC(=O)NC1CCCCC1)C(C)C. The molecule has 0 aromatic rings. The van der Waals surface area contributed by atoms with Crippen molar-refractivity contribution in [2.45, 2.75) is 84.2 Å². The number of amides is 3. The molecule has 128 valence electrons. The number of unbranched alkanes of at least 4 members (excludes halogenated alkanes) is 2. The van der Waals surface area contributed by atoms with Crippen molar-refractivity contribution in [1.29, 1.82) is 0 Å². The second kappa shape index (κ2) is 10.6. The van der Waals surface area contributed by atoms with Crippen LogP contribution in [0.1, 0.15) is 72.1 Å². The molecule has 1 rings (SSSR count). The molecular weight excluding hydrogens is 278 g/mol. The topological polar surface area (TPSA) is 61.4 Å². The standard InChI is InChI=1S/C17H33N3O2/c1-4-5-9-12-20(14(2)3)13-16(21)19-17(22)18-15-10-7-6-8-11-15/h14-15H,4-13H2,1-3H3,(H2,18,19,21,22). The number of rotatable bonds is 8. The quantitative estimate of drug-likeness (QED) is 0.677. The first kappa shape index (κ1) is 18.9. The van der Waals surface area contributed by atoms with Gasteiger partial charge in [0.25, 0.3) is 0 Å². The van der Waals surface area contributed by atoms with Gasteiger partial charge in [-0.15, -0.1) is 0 Å². The maximum absolute atomic E-state index is 12.0.